The van der Waals surface area contributed by atoms with Gasteiger partial charge in [-0.2, -0.15) is 0 Å². The molecule has 0 aliphatic carbocycles. The highest BCUT2D eigenvalue weighted by atomic mass is 32.1. The minimum atomic E-state index is 0.117. The first kappa shape index (κ1) is 12.8. The van der Waals surface area contributed by atoms with Crippen molar-refractivity contribution in [2.45, 2.75) is 25.9 Å². The van der Waals surface area contributed by atoms with Crippen molar-refractivity contribution in [1.29, 1.82) is 0 Å². The fraction of sp³-hybridized carbons (Fsp3) is 0.400. The average molecular weight is 274 g/mol. The van der Waals surface area contributed by atoms with Crippen LogP contribution >= 0.6 is 11.3 Å². The predicted octanol–water partition coefficient (Wildman–Crippen LogP) is 2.54. The summed E-state index contributed by atoms with van der Waals surface area (Å²) in [5, 5.41) is 9.75. The molecule has 1 N–H and O–H groups in total. The van der Waals surface area contributed by atoms with Gasteiger partial charge in [0.1, 0.15) is 0 Å². The van der Waals surface area contributed by atoms with Crippen molar-refractivity contribution in [2.24, 2.45) is 0 Å². The van der Waals surface area contributed by atoms with Crippen molar-refractivity contribution in [1.82, 2.24) is 9.88 Å². The molecule has 0 bridgehead atoms. The van der Waals surface area contributed by atoms with Crippen molar-refractivity contribution in [3.8, 4) is 0 Å². The molecule has 2 aromatic rings. The molecule has 0 fully saturated rings. The minimum absolute atomic E-state index is 0.117. The summed E-state index contributed by atoms with van der Waals surface area (Å²) in [6.45, 7) is 4.11. The summed E-state index contributed by atoms with van der Waals surface area (Å²) in [5.41, 5.74) is 5.66. The summed E-state index contributed by atoms with van der Waals surface area (Å²) >= 11 is 1.70. The molecule has 2 heterocycles. The van der Waals surface area contributed by atoms with Gasteiger partial charge in [-0.05, 0) is 24.5 Å². The molecule has 1 atom stereocenters. The summed E-state index contributed by atoms with van der Waals surface area (Å²) in [4.78, 5) is 7.97. The van der Waals surface area contributed by atoms with Gasteiger partial charge in [0.15, 0.2) is 0 Å². The normalized spacial score (nSPS) is 19.4. The zero-order valence-corrected chi connectivity index (χ0v) is 11.9. The van der Waals surface area contributed by atoms with E-state index in [0.717, 1.165) is 25.2 Å². The number of hydrogen-bond acceptors (Lipinski definition) is 4. The SMILES string of the molecule is Cc1ncsc1CN1CCc2ccccc2C1CO. The van der Waals surface area contributed by atoms with E-state index in [1.807, 2.05) is 5.51 Å². The fourth-order valence-corrected chi connectivity index (χ4v) is 3.57. The third kappa shape index (κ3) is 2.43. The van der Waals surface area contributed by atoms with Crippen LogP contribution in [0.2, 0.25) is 0 Å². The van der Waals surface area contributed by atoms with E-state index in [-0.39, 0.29) is 12.6 Å². The van der Waals surface area contributed by atoms with Crippen LogP contribution in [0.5, 0.6) is 0 Å². The number of thiazole rings is 1. The molecule has 0 spiro atoms. The van der Waals surface area contributed by atoms with E-state index in [1.54, 1.807) is 11.3 Å². The number of fused-ring (bicyclic) bond motifs is 1. The Labute approximate surface area is 117 Å². The lowest BCUT2D eigenvalue weighted by molar-refractivity contribution is 0.109. The first-order chi connectivity index (χ1) is 9.29. The highest BCUT2D eigenvalue weighted by molar-refractivity contribution is 7.09. The van der Waals surface area contributed by atoms with Crippen molar-refractivity contribution < 1.29 is 5.11 Å². The van der Waals surface area contributed by atoms with Crippen LogP contribution in [0.1, 0.15) is 27.7 Å². The Morgan fingerprint density at radius 1 is 1.42 bits per heavy atom. The monoisotopic (exact) mass is 274 g/mol. The van der Waals surface area contributed by atoms with E-state index in [9.17, 15) is 5.11 Å². The molecule has 1 aromatic carbocycles. The van der Waals surface area contributed by atoms with E-state index in [4.69, 9.17) is 0 Å². The third-order valence-electron chi connectivity index (χ3n) is 3.89. The summed E-state index contributed by atoms with van der Waals surface area (Å²) < 4.78 is 0. The minimum Gasteiger partial charge on any atom is -0.394 e. The highest BCUT2D eigenvalue weighted by Gasteiger charge is 2.27. The topological polar surface area (TPSA) is 36.4 Å². The maximum Gasteiger partial charge on any atom is 0.0798 e. The van der Waals surface area contributed by atoms with Crippen LogP contribution in [0.4, 0.5) is 0 Å². The number of hydrogen-bond donors (Lipinski definition) is 1. The van der Waals surface area contributed by atoms with Crippen LogP contribution in [0.25, 0.3) is 0 Å². The second-order valence-electron chi connectivity index (χ2n) is 4.98. The predicted molar refractivity (Wildman–Crippen MR) is 77.2 cm³/mol. The van der Waals surface area contributed by atoms with Crippen molar-refractivity contribution >= 4 is 11.3 Å². The molecule has 3 rings (SSSR count). The number of nitrogens with zero attached hydrogens (tertiary/aromatic N) is 2. The molecule has 19 heavy (non-hydrogen) atoms. The van der Waals surface area contributed by atoms with Gasteiger partial charge in [-0.3, -0.25) is 4.90 Å². The number of aromatic nitrogens is 1. The molecule has 1 aliphatic heterocycles. The zero-order chi connectivity index (χ0) is 13.2. The van der Waals surface area contributed by atoms with Gasteiger partial charge in [0, 0.05) is 18.0 Å². The lowest BCUT2D eigenvalue weighted by Gasteiger charge is -2.36. The molecule has 3 nitrogen and oxygen atoms in total. The summed E-state index contributed by atoms with van der Waals surface area (Å²) in [7, 11) is 0. The van der Waals surface area contributed by atoms with Crippen LogP contribution in [0.15, 0.2) is 29.8 Å². The Kier molecular flexibility index (Phi) is 3.64. The lowest BCUT2D eigenvalue weighted by Crippen LogP contribution is -2.36. The van der Waals surface area contributed by atoms with Crippen molar-refractivity contribution in [2.75, 3.05) is 13.2 Å². The molecule has 1 aromatic heterocycles. The van der Waals surface area contributed by atoms with Crippen LogP contribution < -0.4 is 0 Å². The molecule has 0 radical (unpaired) electrons. The third-order valence-corrected chi connectivity index (χ3v) is 4.81. The van der Waals surface area contributed by atoms with Gasteiger partial charge in [-0.15, -0.1) is 11.3 Å². The number of aryl methyl sites for hydroxylation is 1. The van der Waals surface area contributed by atoms with Crippen LogP contribution in [-0.2, 0) is 13.0 Å². The second kappa shape index (κ2) is 5.41. The quantitative estimate of drug-likeness (QED) is 0.934. The van der Waals surface area contributed by atoms with Gasteiger partial charge >= 0.3 is 0 Å². The Balaban J connectivity index is 1.86. The van der Waals surface area contributed by atoms with E-state index in [1.165, 1.54) is 16.0 Å². The highest BCUT2D eigenvalue weighted by Crippen LogP contribution is 2.31. The van der Waals surface area contributed by atoms with Gasteiger partial charge in [0.05, 0.1) is 23.9 Å². The Morgan fingerprint density at radius 3 is 3.00 bits per heavy atom. The molecular weight excluding hydrogens is 256 g/mol. The zero-order valence-electron chi connectivity index (χ0n) is 11.0. The smallest absolute Gasteiger partial charge is 0.0798 e. The van der Waals surface area contributed by atoms with Gasteiger partial charge in [-0.25, -0.2) is 4.98 Å². The molecule has 0 saturated heterocycles. The first-order valence-corrected chi connectivity index (χ1v) is 7.49. The summed E-state index contributed by atoms with van der Waals surface area (Å²) in [6.07, 6.45) is 1.06. The Hall–Kier alpha value is -1.23. The van der Waals surface area contributed by atoms with Crippen molar-refractivity contribution in [3.05, 3.63) is 51.5 Å². The van der Waals surface area contributed by atoms with Gasteiger partial charge < -0.3 is 5.11 Å². The maximum atomic E-state index is 9.75. The standard InChI is InChI=1S/C15H18N2OS/c1-11-15(19-10-16-11)8-17-7-6-12-4-2-3-5-13(12)14(17)9-18/h2-5,10,14,18H,6-9H2,1H3. The van der Waals surface area contributed by atoms with Crippen LogP contribution in [0.3, 0.4) is 0 Å². The summed E-state index contributed by atoms with van der Waals surface area (Å²) in [6, 6.07) is 8.57. The Bertz CT molecular complexity index is 567. The maximum absolute atomic E-state index is 9.75. The molecular formula is C15H18N2OS. The number of aliphatic hydroxyl groups excluding tert-OH is 1. The summed E-state index contributed by atoms with van der Waals surface area (Å²) in [5.74, 6) is 0. The van der Waals surface area contributed by atoms with Gasteiger partial charge in [0.2, 0.25) is 0 Å². The number of rotatable bonds is 3. The van der Waals surface area contributed by atoms with E-state index in [2.05, 4.69) is 41.1 Å². The molecule has 0 saturated carbocycles. The van der Waals surface area contributed by atoms with Crippen LogP contribution in [-0.4, -0.2) is 28.1 Å². The van der Waals surface area contributed by atoms with Crippen LogP contribution in [0, 0.1) is 6.92 Å². The molecule has 100 valence electrons. The van der Waals surface area contributed by atoms with E-state index < -0.39 is 0 Å². The number of benzene rings is 1. The molecule has 1 unspecified atom stereocenters. The van der Waals surface area contributed by atoms with E-state index >= 15 is 0 Å². The first-order valence-electron chi connectivity index (χ1n) is 6.61. The van der Waals surface area contributed by atoms with Gasteiger partial charge in [-0.1, -0.05) is 24.3 Å². The lowest BCUT2D eigenvalue weighted by atomic mass is 9.93. The largest absolute Gasteiger partial charge is 0.394 e. The Morgan fingerprint density at radius 2 is 2.26 bits per heavy atom. The van der Waals surface area contributed by atoms with Crippen molar-refractivity contribution in [3.63, 3.8) is 0 Å². The molecule has 4 heteroatoms. The molecule has 1 aliphatic rings. The molecule has 0 amide bonds. The fourth-order valence-electron chi connectivity index (χ4n) is 2.77. The number of aliphatic hydroxyl groups is 1. The van der Waals surface area contributed by atoms with Gasteiger partial charge in [0.25, 0.3) is 0 Å². The van der Waals surface area contributed by atoms with E-state index in [0.29, 0.717) is 0 Å². The average Bonchev–Trinajstić information content (AvgIpc) is 2.84. The second-order valence-corrected chi connectivity index (χ2v) is 5.92.